The van der Waals surface area contributed by atoms with Gasteiger partial charge in [0, 0.05) is 19.3 Å². The first-order valence-electron chi connectivity index (χ1n) is 6.63. The Hall–Kier alpha value is -2.00. The summed E-state index contributed by atoms with van der Waals surface area (Å²) in [5, 5.41) is 10.6. The van der Waals surface area contributed by atoms with Gasteiger partial charge >= 0.3 is 0 Å². The average Bonchev–Trinajstić information content (AvgIpc) is 2.93. The third-order valence-corrected chi connectivity index (χ3v) is 4.21. The Kier molecular flexibility index (Phi) is 4.86. The molecule has 0 amide bonds. The van der Waals surface area contributed by atoms with Gasteiger partial charge in [0.05, 0.1) is 12.2 Å². The molecule has 0 spiro atoms. The van der Waals surface area contributed by atoms with Crippen molar-refractivity contribution in [1.29, 1.82) is 0 Å². The number of nitrogens with one attached hydrogen (secondary N) is 2. The first-order chi connectivity index (χ1) is 10.1. The van der Waals surface area contributed by atoms with Crippen LogP contribution in [0.1, 0.15) is 19.7 Å². The zero-order valence-electron chi connectivity index (χ0n) is 11.9. The van der Waals surface area contributed by atoms with Crippen molar-refractivity contribution in [3.63, 3.8) is 0 Å². The molecule has 2 heterocycles. The van der Waals surface area contributed by atoms with Gasteiger partial charge < -0.3 is 9.88 Å². The number of hydrogen-bond acceptors (Lipinski definition) is 6. The first-order valence-corrected chi connectivity index (χ1v) is 8.12. The second kappa shape index (κ2) is 6.64. The fourth-order valence-corrected chi connectivity index (χ4v) is 2.92. The molecular formula is C12H18N6O2S. The summed E-state index contributed by atoms with van der Waals surface area (Å²) in [6, 6.07) is 3.37. The number of aryl methyl sites for hydroxylation is 1. The quantitative estimate of drug-likeness (QED) is 0.776. The summed E-state index contributed by atoms with van der Waals surface area (Å²) < 4.78 is 29.0. The summed E-state index contributed by atoms with van der Waals surface area (Å²) in [5.41, 5.74) is 0.476. The van der Waals surface area contributed by atoms with Gasteiger partial charge in [0.15, 0.2) is 5.03 Å². The Bertz CT molecular complexity index is 697. The highest BCUT2D eigenvalue weighted by molar-refractivity contribution is 7.89. The summed E-state index contributed by atoms with van der Waals surface area (Å²) in [4.78, 5) is 3.96. The molecule has 0 aliphatic rings. The van der Waals surface area contributed by atoms with E-state index in [9.17, 15) is 8.42 Å². The average molecular weight is 310 g/mol. The standard InChI is InChI=1S/C12H18N6O2S/c1-3-13-10-6-5-7-14-12(10)21(19,20)16-8-11-17-15-9-18(11)4-2/h5-7,9,13,16H,3-4,8H2,1-2H3. The summed E-state index contributed by atoms with van der Waals surface area (Å²) in [7, 11) is -3.72. The van der Waals surface area contributed by atoms with Crippen molar-refractivity contribution in [2.24, 2.45) is 0 Å². The highest BCUT2D eigenvalue weighted by Gasteiger charge is 2.20. The van der Waals surface area contributed by atoms with Crippen LogP contribution < -0.4 is 10.0 Å². The molecule has 8 nitrogen and oxygen atoms in total. The Morgan fingerprint density at radius 2 is 2.14 bits per heavy atom. The smallest absolute Gasteiger partial charge is 0.260 e. The molecule has 0 unspecified atom stereocenters. The molecular weight excluding hydrogens is 292 g/mol. The molecule has 0 radical (unpaired) electrons. The van der Waals surface area contributed by atoms with Crippen molar-refractivity contribution in [3.8, 4) is 0 Å². The number of hydrogen-bond donors (Lipinski definition) is 2. The first kappa shape index (κ1) is 15.4. The van der Waals surface area contributed by atoms with Crippen molar-refractivity contribution < 1.29 is 8.42 Å². The Labute approximate surface area is 123 Å². The Balaban J connectivity index is 2.19. The van der Waals surface area contributed by atoms with Gasteiger partial charge in [0.1, 0.15) is 12.2 Å². The lowest BCUT2D eigenvalue weighted by molar-refractivity contribution is 0.572. The van der Waals surface area contributed by atoms with E-state index in [0.717, 1.165) is 0 Å². The molecule has 0 saturated carbocycles. The number of pyridine rings is 1. The van der Waals surface area contributed by atoms with Crippen molar-refractivity contribution in [2.75, 3.05) is 11.9 Å². The predicted octanol–water partition coefficient (Wildman–Crippen LogP) is 0.603. The molecule has 9 heteroatoms. The van der Waals surface area contributed by atoms with Crippen LogP contribution in [0.15, 0.2) is 29.7 Å². The largest absolute Gasteiger partial charge is 0.383 e. The second-order valence-electron chi connectivity index (χ2n) is 4.24. The minimum absolute atomic E-state index is 0.0191. The molecule has 2 N–H and O–H groups in total. The van der Waals surface area contributed by atoms with E-state index in [1.165, 1.54) is 6.20 Å². The van der Waals surface area contributed by atoms with Crippen LogP contribution in [0, 0.1) is 0 Å². The van der Waals surface area contributed by atoms with Crippen molar-refractivity contribution in [2.45, 2.75) is 32.0 Å². The van der Waals surface area contributed by atoms with E-state index in [4.69, 9.17) is 0 Å². The lowest BCUT2D eigenvalue weighted by atomic mass is 10.4. The maximum atomic E-state index is 12.4. The third kappa shape index (κ3) is 3.56. The number of rotatable bonds is 7. The fraction of sp³-hybridized carbons (Fsp3) is 0.417. The van der Waals surface area contributed by atoms with Crippen molar-refractivity contribution in [1.82, 2.24) is 24.5 Å². The molecule has 0 fully saturated rings. The molecule has 21 heavy (non-hydrogen) atoms. The highest BCUT2D eigenvalue weighted by atomic mass is 32.2. The van der Waals surface area contributed by atoms with E-state index in [2.05, 4.69) is 25.2 Å². The van der Waals surface area contributed by atoms with E-state index < -0.39 is 10.0 Å². The summed E-state index contributed by atoms with van der Waals surface area (Å²) in [6.07, 6.45) is 3.01. The Morgan fingerprint density at radius 3 is 2.86 bits per heavy atom. The van der Waals surface area contributed by atoms with Crippen LogP contribution in [0.25, 0.3) is 0 Å². The number of sulfonamides is 1. The van der Waals surface area contributed by atoms with Crippen molar-refractivity contribution >= 4 is 15.7 Å². The minimum atomic E-state index is -3.72. The summed E-state index contributed by atoms with van der Waals surface area (Å²) in [6.45, 7) is 5.18. The number of aromatic nitrogens is 4. The zero-order valence-corrected chi connectivity index (χ0v) is 12.8. The topological polar surface area (TPSA) is 102 Å². The van der Waals surface area contributed by atoms with Crippen LogP contribution in [-0.2, 0) is 23.1 Å². The molecule has 0 aromatic carbocycles. The maximum Gasteiger partial charge on any atom is 0.260 e. The van der Waals surface area contributed by atoms with Gasteiger partial charge in [-0.15, -0.1) is 10.2 Å². The van der Waals surface area contributed by atoms with Crippen LogP contribution >= 0.6 is 0 Å². The van der Waals surface area contributed by atoms with Crippen LogP contribution in [0.5, 0.6) is 0 Å². The number of nitrogens with zero attached hydrogens (tertiary/aromatic N) is 4. The van der Waals surface area contributed by atoms with Gasteiger partial charge in [-0.1, -0.05) is 0 Å². The Morgan fingerprint density at radius 1 is 1.33 bits per heavy atom. The molecule has 0 bridgehead atoms. The third-order valence-electron chi connectivity index (χ3n) is 2.85. The van der Waals surface area contributed by atoms with E-state index >= 15 is 0 Å². The summed E-state index contributed by atoms with van der Waals surface area (Å²) >= 11 is 0. The highest BCUT2D eigenvalue weighted by Crippen LogP contribution is 2.17. The van der Waals surface area contributed by atoms with Gasteiger partial charge in [0.25, 0.3) is 10.0 Å². The van der Waals surface area contributed by atoms with Gasteiger partial charge in [-0.25, -0.2) is 18.1 Å². The fourth-order valence-electron chi connectivity index (χ4n) is 1.84. The molecule has 2 aromatic heterocycles. The lowest BCUT2D eigenvalue weighted by Gasteiger charge is -2.11. The van der Waals surface area contributed by atoms with Crippen LogP contribution in [0.2, 0.25) is 0 Å². The van der Waals surface area contributed by atoms with Crippen LogP contribution in [0.3, 0.4) is 0 Å². The molecule has 0 atom stereocenters. The molecule has 0 saturated heterocycles. The SMILES string of the molecule is CCNc1cccnc1S(=O)(=O)NCc1nncn1CC. The van der Waals surface area contributed by atoms with Crippen molar-refractivity contribution in [3.05, 3.63) is 30.5 Å². The van der Waals surface area contributed by atoms with E-state index in [-0.39, 0.29) is 11.6 Å². The molecule has 2 aromatic rings. The minimum Gasteiger partial charge on any atom is -0.383 e. The second-order valence-corrected chi connectivity index (χ2v) is 5.93. The lowest BCUT2D eigenvalue weighted by Crippen LogP contribution is -2.26. The summed E-state index contributed by atoms with van der Waals surface area (Å²) in [5.74, 6) is 0.557. The van der Waals surface area contributed by atoms with Gasteiger partial charge in [-0.2, -0.15) is 0 Å². The van der Waals surface area contributed by atoms with E-state index in [0.29, 0.717) is 24.6 Å². The maximum absolute atomic E-state index is 12.4. The molecule has 114 valence electrons. The van der Waals surface area contributed by atoms with Gasteiger partial charge in [0.2, 0.25) is 0 Å². The van der Waals surface area contributed by atoms with Crippen LogP contribution in [0.4, 0.5) is 5.69 Å². The molecule has 0 aliphatic carbocycles. The van der Waals surface area contributed by atoms with Gasteiger partial charge in [-0.05, 0) is 26.0 Å². The monoisotopic (exact) mass is 310 g/mol. The van der Waals surface area contributed by atoms with E-state index in [1.807, 2.05) is 13.8 Å². The number of anilines is 1. The van der Waals surface area contributed by atoms with Gasteiger partial charge in [-0.3, -0.25) is 0 Å². The van der Waals surface area contributed by atoms with Crippen LogP contribution in [-0.4, -0.2) is 34.7 Å². The predicted molar refractivity (Wildman–Crippen MR) is 78.1 cm³/mol. The molecule has 0 aliphatic heterocycles. The molecule has 2 rings (SSSR count). The van der Waals surface area contributed by atoms with E-state index in [1.54, 1.807) is 23.0 Å². The zero-order chi connectivity index (χ0) is 15.3. The normalized spacial score (nSPS) is 11.5.